The predicted molar refractivity (Wildman–Crippen MR) is 71.0 cm³/mol. The molecular weight excluding hydrogens is 226 g/mol. The summed E-state index contributed by atoms with van der Waals surface area (Å²) in [5, 5.41) is 4.07. The average molecular weight is 251 g/mol. The van der Waals surface area contributed by atoms with E-state index in [1.807, 2.05) is 0 Å². The van der Waals surface area contributed by atoms with Crippen molar-refractivity contribution in [1.82, 2.24) is 10.1 Å². The van der Waals surface area contributed by atoms with Gasteiger partial charge in [0.15, 0.2) is 5.82 Å². The first kappa shape index (κ1) is 13.5. The second-order valence-electron chi connectivity index (χ2n) is 6.77. The Labute approximate surface area is 109 Å². The zero-order valence-corrected chi connectivity index (χ0v) is 11.9. The highest BCUT2D eigenvalue weighted by molar-refractivity contribution is 5.02. The normalized spacial score (nSPS) is 27.2. The maximum Gasteiger partial charge on any atom is 0.232 e. The third-order valence-electron chi connectivity index (χ3n) is 3.87. The van der Waals surface area contributed by atoms with Gasteiger partial charge < -0.3 is 10.3 Å². The molecule has 4 nitrogen and oxygen atoms in total. The van der Waals surface area contributed by atoms with Crippen molar-refractivity contribution in [3.8, 4) is 0 Å². The van der Waals surface area contributed by atoms with Crippen molar-refractivity contribution in [2.45, 2.75) is 64.8 Å². The molecule has 0 aromatic carbocycles. The van der Waals surface area contributed by atoms with Gasteiger partial charge in [0.25, 0.3) is 0 Å². The average Bonchev–Trinajstić information content (AvgIpc) is 2.77. The molecule has 0 spiro atoms. The summed E-state index contributed by atoms with van der Waals surface area (Å²) in [4.78, 5) is 4.48. The quantitative estimate of drug-likeness (QED) is 0.876. The molecule has 18 heavy (non-hydrogen) atoms. The Balaban J connectivity index is 2.09. The molecular formula is C14H25N3O. The van der Waals surface area contributed by atoms with Gasteiger partial charge in [-0.15, -0.1) is 0 Å². The third kappa shape index (κ3) is 2.91. The van der Waals surface area contributed by atoms with Crippen molar-refractivity contribution in [3.63, 3.8) is 0 Å². The van der Waals surface area contributed by atoms with Crippen LogP contribution in [-0.4, -0.2) is 10.1 Å². The molecule has 1 fully saturated rings. The van der Waals surface area contributed by atoms with Crippen LogP contribution in [0.25, 0.3) is 0 Å². The second kappa shape index (κ2) is 5.00. The van der Waals surface area contributed by atoms with Gasteiger partial charge in [0.1, 0.15) is 0 Å². The maximum absolute atomic E-state index is 6.30. The lowest BCUT2D eigenvalue weighted by molar-refractivity contribution is 0.239. The van der Waals surface area contributed by atoms with Gasteiger partial charge in [-0.1, -0.05) is 45.7 Å². The summed E-state index contributed by atoms with van der Waals surface area (Å²) < 4.78 is 5.33. The van der Waals surface area contributed by atoms with Gasteiger partial charge in [-0.2, -0.15) is 4.98 Å². The van der Waals surface area contributed by atoms with Crippen LogP contribution in [0.1, 0.15) is 71.1 Å². The Hall–Kier alpha value is -0.900. The standard InChI is InChI=1S/C14H25N3O/c1-9-6-5-7-10(8-9)11(15)12-16-13(18-17-12)14(2,3)4/h9-11H,5-8,15H2,1-4H3. The monoisotopic (exact) mass is 251 g/mol. The van der Waals surface area contributed by atoms with E-state index in [-0.39, 0.29) is 11.5 Å². The fourth-order valence-corrected chi connectivity index (χ4v) is 2.69. The van der Waals surface area contributed by atoms with E-state index in [1.54, 1.807) is 0 Å². The molecule has 4 heteroatoms. The first-order valence-corrected chi connectivity index (χ1v) is 6.97. The highest BCUT2D eigenvalue weighted by Crippen LogP contribution is 2.35. The summed E-state index contributed by atoms with van der Waals surface area (Å²) in [6, 6.07) is -0.0763. The van der Waals surface area contributed by atoms with Crippen LogP contribution in [0.4, 0.5) is 0 Å². The Morgan fingerprint density at radius 3 is 2.61 bits per heavy atom. The van der Waals surface area contributed by atoms with Crippen molar-refractivity contribution in [2.24, 2.45) is 17.6 Å². The van der Waals surface area contributed by atoms with E-state index in [4.69, 9.17) is 10.3 Å². The second-order valence-corrected chi connectivity index (χ2v) is 6.77. The largest absolute Gasteiger partial charge is 0.339 e. The predicted octanol–water partition coefficient (Wildman–Crippen LogP) is 3.19. The molecule has 0 radical (unpaired) electrons. The maximum atomic E-state index is 6.30. The molecule has 102 valence electrons. The lowest BCUT2D eigenvalue weighted by atomic mass is 9.78. The van der Waals surface area contributed by atoms with Gasteiger partial charge in [0.2, 0.25) is 5.89 Å². The molecule has 0 amide bonds. The van der Waals surface area contributed by atoms with Gasteiger partial charge in [-0.25, -0.2) is 0 Å². The van der Waals surface area contributed by atoms with Crippen LogP contribution in [0.3, 0.4) is 0 Å². The van der Waals surface area contributed by atoms with Crippen molar-refractivity contribution in [2.75, 3.05) is 0 Å². The van der Waals surface area contributed by atoms with Crippen LogP contribution in [-0.2, 0) is 5.41 Å². The van der Waals surface area contributed by atoms with Crippen molar-refractivity contribution < 1.29 is 4.52 Å². The highest BCUT2D eigenvalue weighted by Gasteiger charge is 2.30. The molecule has 0 saturated heterocycles. The minimum Gasteiger partial charge on any atom is -0.339 e. The van der Waals surface area contributed by atoms with Gasteiger partial charge in [-0.05, 0) is 24.7 Å². The van der Waals surface area contributed by atoms with Crippen LogP contribution in [0.5, 0.6) is 0 Å². The molecule has 1 aromatic rings. The van der Waals surface area contributed by atoms with E-state index >= 15 is 0 Å². The van der Waals surface area contributed by atoms with Crippen molar-refractivity contribution in [3.05, 3.63) is 11.7 Å². The lowest BCUT2D eigenvalue weighted by Crippen LogP contribution is -2.27. The van der Waals surface area contributed by atoms with Crippen LogP contribution in [0.15, 0.2) is 4.52 Å². The summed E-state index contributed by atoms with van der Waals surface area (Å²) >= 11 is 0. The molecule has 3 atom stereocenters. The van der Waals surface area contributed by atoms with E-state index in [9.17, 15) is 0 Å². The molecule has 2 N–H and O–H groups in total. The summed E-state index contributed by atoms with van der Waals surface area (Å²) in [5.74, 6) is 2.62. The van der Waals surface area contributed by atoms with Gasteiger partial charge in [-0.3, -0.25) is 0 Å². The number of rotatable bonds is 2. The third-order valence-corrected chi connectivity index (χ3v) is 3.87. The van der Waals surface area contributed by atoms with Crippen molar-refractivity contribution in [1.29, 1.82) is 0 Å². The number of hydrogen-bond donors (Lipinski definition) is 1. The van der Waals surface area contributed by atoms with Crippen LogP contribution in [0, 0.1) is 11.8 Å². The number of nitrogens with two attached hydrogens (primary N) is 1. The minimum atomic E-state index is -0.106. The molecule has 1 saturated carbocycles. The fourth-order valence-electron chi connectivity index (χ4n) is 2.69. The summed E-state index contributed by atoms with van der Waals surface area (Å²) in [7, 11) is 0. The summed E-state index contributed by atoms with van der Waals surface area (Å²) in [5.41, 5.74) is 6.20. The van der Waals surface area contributed by atoms with Gasteiger partial charge >= 0.3 is 0 Å². The van der Waals surface area contributed by atoms with Crippen LogP contribution in [0.2, 0.25) is 0 Å². The van der Waals surface area contributed by atoms with E-state index in [1.165, 1.54) is 25.7 Å². The molecule has 1 heterocycles. The van der Waals surface area contributed by atoms with E-state index in [2.05, 4.69) is 37.8 Å². The van der Waals surface area contributed by atoms with Crippen molar-refractivity contribution >= 4 is 0 Å². The Morgan fingerprint density at radius 2 is 2.06 bits per heavy atom. The van der Waals surface area contributed by atoms with Crippen LogP contribution >= 0.6 is 0 Å². The number of nitrogens with zero attached hydrogens (tertiary/aromatic N) is 2. The van der Waals surface area contributed by atoms with Gasteiger partial charge in [0, 0.05) is 5.41 Å². The molecule has 1 aliphatic rings. The molecule has 1 aliphatic carbocycles. The van der Waals surface area contributed by atoms with E-state index < -0.39 is 0 Å². The zero-order chi connectivity index (χ0) is 13.3. The topological polar surface area (TPSA) is 64.9 Å². The molecule has 0 bridgehead atoms. The molecule has 3 unspecified atom stereocenters. The van der Waals surface area contributed by atoms with E-state index in [0.717, 1.165) is 5.92 Å². The summed E-state index contributed by atoms with van der Waals surface area (Å²) in [6.45, 7) is 8.51. The fraction of sp³-hybridized carbons (Fsp3) is 0.857. The Bertz CT molecular complexity index is 394. The van der Waals surface area contributed by atoms with Crippen LogP contribution < -0.4 is 5.73 Å². The first-order chi connectivity index (χ1) is 8.38. The zero-order valence-electron chi connectivity index (χ0n) is 11.9. The lowest BCUT2D eigenvalue weighted by Gasteiger charge is -2.29. The molecule has 1 aromatic heterocycles. The van der Waals surface area contributed by atoms with Gasteiger partial charge in [0.05, 0.1) is 6.04 Å². The first-order valence-electron chi connectivity index (χ1n) is 6.97. The highest BCUT2D eigenvalue weighted by atomic mass is 16.5. The molecule has 0 aliphatic heterocycles. The van der Waals surface area contributed by atoms with E-state index in [0.29, 0.717) is 17.6 Å². The Morgan fingerprint density at radius 1 is 1.33 bits per heavy atom. The Kier molecular flexibility index (Phi) is 3.76. The smallest absolute Gasteiger partial charge is 0.232 e. The number of aromatic nitrogens is 2. The SMILES string of the molecule is CC1CCCC(C(N)c2noc(C(C)(C)C)n2)C1. The minimum absolute atomic E-state index is 0.0763. The molecule has 2 rings (SSSR count). The number of hydrogen-bond acceptors (Lipinski definition) is 4. The summed E-state index contributed by atoms with van der Waals surface area (Å²) in [6.07, 6.45) is 4.96.